The average molecular weight is 375 g/mol. The maximum absolute atomic E-state index is 13.4. The highest BCUT2D eigenvalue weighted by molar-refractivity contribution is 5.92. The van der Waals surface area contributed by atoms with Crippen LogP contribution in [0, 0.1) is 11.7 Å². The molecule has 0 aliphatic carbocycles. The number of rotatable bonds is 5. The maximum Gasteiger partial charge on any atom is 0.228 e. The van der Waals surface area contributed by atoms with E-state index in [1.807, 2.05) is 36.4 Å². The van der Waals surface area contributed by atoms with Crippen molar-refractivity contribution in [2.24, 2.45) is 5.92 Å². The molecule has 1 aliphatic rings. The van der Waals surface area contributed by atoms with E-state index < -0.39 is 0 Å². The van der Waals surface area contributed by atoms with Gasteiger partial charge in [0.15, 0.2) is 0 Å². The summed E-state index contributed by atoms with van der Waals surface area (Å²) in [5.74, 6) is -0.392. The number of anilines is 1. The van der Waals surface area contributed by atoms with E-state index in [9.17, 15) is 9.18 Å². The lowest BCUT2D eigenvalue weighted by atomic mass is 9.99. The number of carbonyl (C=O) groups is 1. The number of hydrogen-bond acceptors (Lipinski definition) is 3. The molecule has 5 heteroatoms. The van der Waals surface area contributed by atoms with Gasteiger partial charge in [0.25, 0.3) is 0 Å². The van der Waals surface area contributed by atoms with Crippen molar-refractivity contribution in [1.29, 1.82) is 0 Å². The number of nitrogens with one attached hydrogen (secondary N) is 1. The van der Waals surface area contributed by atoms with Gasteiger partial charge in [0.2, 0.25) is 5.91 Å². The fourth-order valence-corrected chi connectivity index (χ4v) is 3.80. The molecule has 2 aromatic carbocycles. The Morgan fingerprint density at radius 3 is 2.57 bits per heavy atom. The second kappa shape index (κ2) is 8.31. The Hall–Kier alpha value is -3.05. The number of benzene rings is 2. The largest absolute Gasteiger partial charge is 0.324 e. The van der Waals surface area contributed by atoms with Gasteiger partial charge in [0.05, 0.1) is 17.8 Å². The first kappa shape index (κ1) is 18.3. The summed E-state index contributed by atoms with van der Waals surface area (Å²) < 4.78 is 13.4. The van der Waals surface area contributed by atoms with Crippen LogP contribution in [0.3, 0.4) is 0 Å². The minimum Gasteiger partial charge on any atom is -0.324 e. The summed E-state index contributed by atoms with van der Waals surface area (Å²) in [5, 5.41) is 2.96. The highest BCUT2D eigenvalue weighted by Gasteiger charge is 2.36. The van der Waals surface area contributed by atoms with Crippen molar-refractivity contribution in [3.63, 3.8) is 0 Å². The number of likely N-dealkylation sites (tertiary alicyclic amines) is 1. The molecular formula is C23H22FN3O. The number of nitrogens with zero attached hydrogens (tertiary/aromatic N) is 2. The van der Waals surface area contributed by atoms with Crippen molar-refractivity contribution >= 4 is 11.6 Å². The quantitative estimate of drug-likeness (QED) is 0.718. The summed E-state index contributed by atoms with van der Waals surface area (Å²) in [4.78, 5) is 19.2. The molecule has 0 saturated carbocycles. The molecule has 142 valence electrons. The predicted octanol–water partition coefficient (Wildman–Crippen LogP) is 4.42. The van der Waals surface area contributed by atoms with Crippen molar-refractivity contribution < 1.29 is 9.18 Å². The summed E-state index contributed by atoms with van der Waals surface area (Å²) >= 11 is 0. The van der Waals surface area contributed by atoms with Crippen LogP contribution in [0.15, 0.2) is 79.1 Å². The van der Waals surface area contributed by atoms with Crippen LogP contribution in [0.1, 0.15) is 23.6 Å². The lowest BCUT2D eigenvalue weighted by Crippen LogP contribution is -2.27. The van der Waals surface area contributed by atoms with E-state index in [2.05, 4.69) is 27.3 Å². The number of pyridine rings is 1. The zero-order valence-electron chi connectivity index (χ0n) is 15.5. The van der Waals surface area contributed by atoms with Crippen LogP contribution >= 0.6 is 0 Å². The van der Waals surface area contributed by atoms with Gasteiger partial charge in [-0.1, -0.05) is 42.5 Å². The molecule has 0 bridgehead atoms. The number of aromatic nitrogens is 1. The molecule has 1 N–H and O–H groups in total. The molecule has 0 unspecified atom stereocenters. The molecule has 1 aromatic heterocycles. The van der Waals surface area contributed by atoms with Crippen molar-refractivity contribution in [3.05, 3.63) is 96.1 Å². The van der Waals surface area contributed by atoms with E-state index in [-0.39, 0.29) is 23.7 Å². The molecule has 0 spiro atoms. The monoisotopic (exact) mass is 375 g/mol. The third-order valence-electron chi connectivity index (χ3n) is 5.19. The number of carbonyl (C=O) groups excluding carboxylic acids is 1. The third-order valence-corrected chi connectivity index (χ3v) is 5.19. The van der Waals surface area contributed by atoms with E-state index >= 15 is 0 Å². The predicted molar refractivity (Wildman–Crippen MR) is 107 cm³/mol. The average Bonchev–Trinajstić information content (AvgIpc) is 3.14. The van der Waals surface area contributed by atoms with Crippen molar-refractivity contribution in [2.45, 2.75) is 19.0 Å². The van der Waals surface area contributed by atoms with E-state index in [4.69, 9.17) is 0 Å². The first-order valence-electron chi connectivity index (χ1n) is 9.43. The van der Waals surface area contributed by atoms with Gasteiger partial charge in [-0.2, -0.15) is 0 Å². The number of amides is 1. The second-order valence-electron chi connectivity index (χ2n) is 7.15. The summed E-state index contributed by atoms with van der Waals surface area (Å²) in [7, 11) is 0. The lowest BCUT2D eigenvalue weighted by molar-refractivity contribution is -0.119. The van der Waals surface area contributed by atoms with E-state index in [1.165, 1.54) is 17.7 Å². The minimum atomic E-state index is -0.248. The molecule has 1 saturated heterocycles. The molecule has 1 fully saturated rings. The third kappa shape index (κ3) is 4.26. The molecule has 1 amide bonds. The first-order valence-corrected chi connectivity index (χ1v) is 9.43. The summed E-state index contributed by atoms with van der Waals surface area (Å²) in [6, 6.07) is 20.5. The summed E-state index contributed by atoms with van der Waals surface area (Å²) in [6.07, 6.45) is 4.02. The number of hydrogen-bond donors (Lipinski definition) is 1. The van der Waals surface area contributed by atoms with E-state index in [0.29, 0.717) is 18.7 Å². The van der Waals surface area contributed by atoms with E-state index in [0.717, 1.165) is 12.1 Å². The standard InChI is InChI=1S/C23H22FN3O/c24-20-10-8-18(9-11-20)22-13-19(23(28)26-21-7-4-12-25-14-21)16-27(22)15-17-5-2-1-3-6-17/h1-12,14,19,22H,13,15-16H2,(H,26,28)/t19-,22+/m1/s1. The van der Waals surface area contributed by atoms with Crippen molar-refractivity contribution in [2.75, 3.05) is 11.9 Å². The van der Waals surface area contributed by atoms with Gasteiger partial charge < -0.3 is 5.32 Å². The second-order valence-corrected chi connectivity index (χ2v) is 7.15. The van der Waals surface area contributed by atoms with Crippen molar-refractivity contribution in [1.82, 2.24) is 9.88 Å². The van der Waals surface area contributed by atoms with Gasteiger partial charge in [-0.15, -0.1) is 0 Å². The molecule has 2 atom stereocenters. The van der Waals surface area contributed by atoms with E-state index in [1.54, 1.807) is 18.5 Å². The first-order chi connectivity index (χ1) is 13.7. The molecular weight excluding hydrogens is 353 g/mol. The van der Waals surface area contributed by atoms with Crippen LogP contribution in [0.2, 0.25) is 0 Å². The smallest absolute Gasteiger partial charge is 0.228 e. The Kier molecular flexibility index (Phi) is 5.44. The molecule has 3 aromatic rings. The maximum atomic E-state index is 13.4. The minimum absolute atomic E-state index is 0.00401. The van der Waals surface area contributed by atoms with Crippen LogP contribution < -0.4 is 5.32 Å². The fraction of sp³-hybridized carbons (Fsp3) is 0.217. The van der Waals surface area contributed by atoms with Gasteiger partial charge in [0.1, 0.15) is 5.82 Å². The van der Waals surface area contributed by atoms with Gasteiger partial charge >= 0.3 is 0 Å². The Labute approximate surface area is 164 Å². The zero-order valence-corrected chi connectivity index (χ0v) is 15.5. The normalized spacial score (nSPS) is 19.5. The van der Waals surface area contributed by atoms with Crippen molar-refractivity contribution in [3.8, 4) is 0 Å². The van der Waals surface area contributed by atoms with Crippen LogP contribution in [0.25, 0.3) is 0 Å². The van der Waals surface area contributed by atoms with Gasteiger partial charge in [-0.3, -0.25) is 14.7 Å². The Morgan fingerprint density at radius 1 is 1.07 bits per heavy atom. The molecule has 0 radical (unpaired) electrons. The SMILES string of the molecule is O=C(Nc1cccnc1)[C@@H]1C[C@@H](c2ccc(F)cc2)N(Cc2ccccc2)C1. The summed E-state index contributed by atoms with van der Waals surface area (Å²) in [5.41, 5.74) is 2.93. The Balaban J connectivity index is 1.53. The fourth-order valence-electron chi connectivity index (χ4n) is 3.80. The topological polar surface area (TPSA) is 45.2 Å². The Bertz CT molecular complexity index is 916. The number of halogens is 1. The molecule has 4 rings (SSSR count). The van der Waals surface area contributed by atoms with Gasteiger partial charge in [-0.25, -0.2) is 4.39 Å². The molecule has 28 heavy (non-hydrogen) atoms. The zero-order chi connectivity index (χ0) is 19.3. The molecule has 2 heterocycles. The summed E-state index contributed by atoms with van der Waals surface area (Å²) in [6.45, 7) is 1.41. The van der Waals surface area contributed by atoms with Crippen LogP contribution in [0.5, 0.6) is 0 Å². The Morgan fingerprint density at radius 2 is 1.86 bits per heavy atom. The van der Waals surface area contributed by atoms with Gasteiger partial charge in [0, 0.05) is 25.3 Å². The molecule has 4 nitrogen and oxygen atoms in total. The van der Waals surface area contributed by atoms with Crippen LogP contribution in [-0.4, -0.2) is 22.3 Å². The highest BCUT2D eigenvalue weighted by atomic mass is 19.1. The molecule has 1 aliphatic heterocycles. The lowest BCUT2D eigenvalue weighted by Gasteiger charge is -2.24. The van der Waals surface area contributed by atoms with Crippen LogP contribution in [0.4, 0.5) is 10.1 Å². The van der Waals surface area contributed by atoms with Crippen LogP contribution in [-0.2, 0) is 11.3 Å². The van der Waals surface area contributed by atoms with Gasteiger partial charge in [-0.05, 0) is 41.8 Å². The highest BCUT2D eigenvalue weighted by Crippen LogP contribution is 2.37.